The van der Waals surface area contributed by atoms with Crippen molar-refractivity contribution in [1.29, 1.82) is 0 Å². The molecular weight excluding hydrogens is 462 g/mol. The second-order valence-corrected chi connectivity index (χ2v) is 9.52. The van der Waals surface area contributed by atoms with E-state index in [2.05, 4.69) is 76.7 Å². The van der Waals surface area contributed by atoms with E-state index in [0.29, 0.717) is 24.0 Å². The summed E-state index contributed by atoms with van der Waals surface area (Å²) in [6, 6.07) is 20.3. The van der Waals surface area contributed by atoms with E-state index in [1.165, 1.54) is 5.56 Å². The van der Waals surface area contributed by atoms with Crippen LogP contribution in [0.3, 0.4) is 0 Å². The van der Waals surface area contributed by atoms with Crippen molar-refractivity contribution >= 4 is 0 Å². The molecule has 5 rings (SSSR count). The molecule has 3 heterocycles. The van der Waals surface area contributed by atoms with Gasteiger partial charge in [0.1, 0.15) is 5.69 Å². The number of aromatic nitrogens is 7. The van der Waals surface area contributed by atoms with Gasteiger partial charge in [-0.2, -0.15) is 0 Å². The fraction of sp³-hybridized carbons (Fsp3) is 0.276. The molecule has 0 radical (unpaired) electrons. The first kappa shape index (κ1) is 24.4. The van der Waals surface area contributed by atoms with Crippen molar-refractivity contribution in [1.82, 2.24) is 34.7 Å². The summed E-state index contributed by atoms with van der Waals surface area (Å²) >= 11 is 0. The molecule has 0 bridgehead atoms. The van der Waals surface area contributed by atoms with Gasteiger partial charge in [0.25, 0.3) is 0 Å². The monoisotopic (exact) mass is 493 g/mol. The predicted octanol–water partition coefficient (Wildman–Crippen LogP) is 5.40. The fourth-order valence-electron chi connectivity index (χ4n) is 4.68. The number of benzene rings is 2. The molecule has 8 nitrogen and oxygen atoms in total. The number of hydrogen-bond donors (Lipinski definition) is 1. The van der Waals surface area contributed by atoms with Gasteiger partial charge in [0.2, 0.25) is 0 Å². The van der Waals surface area contributed by atoms with E-state index in [1.54, 1.807) is 6.20 Å². The van der Waals surface area contributed by atoms with E-state index >= 15 is 0 Å². The molecule has 0 unspecified atom stereocenters. The molecule has 0 atom stereocenters. The highest BCUT2D eigenvalue weighted by atomic mass is 16.1. The summed E-state index contributed by atoms with van der Waals surface area (Å²) in [4.78, 5) is 18.2. The zero-order chi connectivity index (χ0) is 25.8. The topological polar surface area (TPSA) is 94.3 Å². The lowest BCUT2D eigenvalue weighted by molar-refractivity contribution is 0.673. The number of hydrogen-bond acceptors (Lipinski definition) is 5. The third-order valence-corrected chi connectivity index (χ3v) is 6.65. The van der Waals surface area contributed by atoms with Crippen LogP contribution in [0.5, 0.6) is 0 Å². The predicted molar refractivity (Wildman–Crippen MR) is 145 cm³/mol. The SMILES string of the molecule is CCCCc1cn(-c2ccccc2C(C)C)c(=O)n1Cc1ccc(-c2cccnc2-c2nnn[nH]2)cc1. The van der Waals surface area contributed by atoms with Gasteiger partial charge in [-0.05, 0) is 58.0 Å². The highest BCUT2D eigenvalue weighted by Crippen LogP contribution is 2.28. The second kappa shape index (κ2) is 10.7. The molecule has 0 aliphatic heterocycles. The maximum Gasteiger partial charge on any atom is 0.333 e. The van der Waals surface area contributed by atoms with Crippen LogP contribution in [0.2, 0.25) is 0 Å². The summed E-state index contributed by atoms with van der Waals surface area (Å²) in [6.45, 7) is 7.01. The number of tetrazole rings is 1. The molecular formula is C29H31N7O. The average Bonchev–Trinajstić information content (AvgIpc) is 3.57. The van der Waals surface area contributed by atoms with Gasteiger partial charge in [0.05, 0.1) is 12.2 Å². The summed E-state index contributed by atoms with van der Waals surface area (Å²) in [5, 5.41) is 14.2. The normalized spacial score (nSPS) is 11.4. The molecule has 37 heavy (non-hydrogen) atoms. The summed E-state index contributed by atoms with van der Waals surface area (Å²) in [6.07, 6.45) is 6.73. The van der Waals surface area contributed by atoms with Gasteiger partial charge in [-0.1, -0.05) is 75.7 Å². The Balaban J connectivity index is 1.49. The Labute approximate surface area is 216 Å². The molecule has 0 amide bonds. The first-order chi connectivity index (χ1) is 18.1. The van der Waals surface area contributed by atoms with Crippen molar-refractivity contribution in [2.24, 2.45) is 0 Å². The van der Waals surface area contributed by atoms with E-state index in [4.69, 9.17) is 0 Å². The molecule has 0 aliphatic rings. The molecule has 0 spiro atoms. The fourth-order valence-corrected chi connectivity index (χ4v) is 4.68. The number of pyridine rings is 1. The maximum atomic E-state index is 13.7. The lowest BCUT2D eigenvalue weighted by atomic mass is 10.0. The Kier molecular flexibility index (Phi) is 7.07. The Bertz CT molecular complexity index is 1530. The van der Waals surface area contributed by atoms with Crippen molar-refractivity contribution in [2.75, 3.05) is 0 Å². The number of H-pyrrole nitrogens is 1. The lowest BCUT2D eigenvalue weighted by Crippen LogP contribution is -2.25. The maximum absolute atomic E-state index is 13.7. The standard InChI is InChI=1S/C29H31N7O/c1-4-5-9-23-19-36(26-12-7-6-10-24(26)20(2)3)29(37)35(23)18-21-13-15-22(16-14-21)25-11-8-17-30-27(25)28-31-33-34-32-28/h6-8,10-17,19-20H,4-5,9,18H2,1-3H3,(H,31,32,33,34). The van der Waals surface area contributed by atoms with Gasteiger partial charge in [0, 0.05) is 23.7 Å². The van der Waals surface area contributed by atoms with Crippen LogP contribution in [0.1, 0.15) is 56.4 Å². The van der Waals surface area contributed by atoms with Crippen molar-refractivity contribution in [3.63, 3.8) is 0 Å². The Hall–Kier alpha value is -4.33. The third kappa shape index (κ3) is 5.00. The Morgan fingerprint density at radius 2 is 1.81 bits per heavy atom. The number of aromatic amines is 1. The van der Waals surface area contributed by atoms with Crippen LogP contribution >= 0.6 is 0 Å². The number of aryl methyl sites for hydroxylation is 1. The molecule has 1 N–H and O–H groups in total. The molecule has 0 saturated heterocycles. The molecule has 0 saturated carbocycles. The zero-order valence-electron chi connectivity index (χ0n) is 21.4. The second-order valence-electron chi connectivity index (χ2n) is 9.52. The van der Waals surface area contributed by atoms with Crippen LogP contribution in [-0.4, -0.2) is 34.7 Å². The van der Waals surface area contributed by atoms with Crippen LogP contribution in [-0.2, 0) is 13.0 Å². The minimum Gasteiger partial charge on any atom is -0.292 e. The molecule has 0 fully saturated rings. The van der Waals surface area contributed by atoms with Crippen molar-refractivity contribution < 1.29 is 0 Å². The minimum atomic E-state index is -0.00403. The first-order valence-corrected chi connectivity index (χ1v) is 12.8. The van der Waals surface area contributed by atoms with Crippen molar-refractivity contribution in [3.8, 4) is 28.3 Å². The van der Waals surface area contributed by atoms with Crippen molar-refractivity contribution in [2.45, 2.75) is 52.5 Å². The van der Waals surface area contributed by atoms with Gasteiger partial charge in [-0.25, -0.2) is 9.89 Å². The molecule has 0 aliphatic carbocycles. The van der Waals surface area contributed by atoms with E-state index in [-0.39, 0.29) is 5.69 Å². The number of para-hydroxylation sites is 1. The smallest absolute Gasteiger partial charge is 0.292 e. The number of nitrogens with one attached hydrogen (secondary N) is 1. The quantitative estimate of drug-likeness (QED) is 0.297. The Morgan fingerprint density at radius 3 is 2.54 bits per heavy atom. The Morgan fingerprint density at radius 1 is 1.00 bits per heavy atom. The van der Waals surface area contributed by atoms with Gasteiger partial charge in [0.15, 0.2) is 5.82 Å². The van der Waals surface area contributed by atoms with Gasteiger partial charge in [-0.3, -0.25) is 14.1 Å². The molecule has 5 aromatic rings. The number of rotatable bonds is 9. The summed E-state index contributed by atoms with van der Waals surface area (Å²) in [5.41, 5.74) is 6.87. The van der Waals surface area contributed by atoms with Crippen LogP contribution in [0.15, 0.2) is 77.9 Å². The van der Waals surface area contributed by atoms with Crippen LogP contribution < -0.4 is 5.69 Å². The van der Waals surface area contributed by atoms with Crippen LogP contribution in [0.25, 0.3) is 28.3 Å². The van der Waals surface area contributed by atoms with E-state index in [1.807, 2.05) is 45.7 Å². The van der Waals surface area contributed by atoms with E-state index < -0.39 is 0 Å². The van der Waals surface area contributed by atoms with Gasteiger partial charge in [-0.15, -0.1) is 5.10 Å². The molecule has 2 aromatic carbocycles. The highest BCUT2D eigenvalue weighted by molar-refractivity contribution is 5.77. The summed E-state index contributed by atoms with van der Waals surface area (Å²) in [5.74, 6) is 0.845. The third-order valence-electron chi connectivity index (χ3n) is 6.65. The highest BCUT2D eigenvalue weighted by Gasteiger charge is 2.17. The zero-order valence-corrected chi connectivity index (χ0v) is 21.4. The van der Waals surface area contributed by atoms with Gasteiger partial charge >= 0.3 is 5.69 Å². The largest absolute Gasteiger partial charge is 0.333 e. The minimum absolute atomic E-state index is 0.00403. The summed E-state index contributed by atoms with van der Waals surface area (Å²) in [7, 11) is 0. The number of nitrogens with zero attached hydrogens (tertiary/aromatic N) is 6. The molecule has 8 heteroatoms. The number of unbranched alkanes of at least 4 members (excludes halogenated alkanes) is 1. The van der Waals surface area contributed by atoms with E-state index in [0.717, 1.165) is 47.3 Å². The number of imidazole rings is 1. The average molecular weight is 494 g/mol. The van der Waals surface area contributed by atoms with Gasteiger partial charge < -0.3 is 0 Å². The summed E-state index contributed by atoms with van der Waals surface area (Å²) < 4.78 is 3.74. The lowest BCUT2D eigenvalue weighted by Gasteiger charge is -2.12. The van der Waals surface area contributed by atoms with Crippen LogP contribution in [0.4, 0.5) is 0 Å². The first-order valence-electron chi connectivity index (χ1n) is 12.8. The van der Waals surface area contributed by atoms with Crippen molar-refractivity contribution in [3.05, 3.63) is 100 Å². The molecule has 188 valence electrons. The van der Waals surface area contributed by atoms with Crippen LogP contribution in [0, 0.1) is 0 Å². The molecule has 3 aromatic heterocycles. The van der Waals surface area contributed by atoms with E-state index in [9.17, 15) is 4.79 Å².